The fourth-order valence-electron chi connectivity index (χ4n) is 4.89. The number of thioether (sulfide) groups is 1. The zero-order valence-corrected chi connectivity index (χ0v) is 24.2. The molecule has 0 aromatic heterocycles. The predicted molar refractivity (Wildman–Crippen MR) is 157 cm³/mol. The van der Waals surface area contributed by atoms with E-state index >= 15 is 0 Å². The molecule has 0 fully saturated rings. The lowest BCUT2D eigenvalue weighted by molar-refractivity contribution is 0.175. The molecule has 0 saturated heterocycles. The number of methoxy groups -OCH3 is 1. The molecule has 1 aliphatic carbocycles. The second kappa shape index (κ2) is 18.0. The van der Waals surface area contributed by atoms with Gasteiger partial charge in [0, 0.05) is 28.8 Å². The van der Waals surface area contributed by atoms with Gasteiger partial charge in [0.2, 0.25) is 0 Å². The second-order valence-electron chi connectivity index (χ2n) is 9.17. The maximum atomic E-state index is 10.2. The number of phenolic OH excluding ortho intramolecular Hbond substituents is 2. The fraction of sp³-hybridized carbons (Fsp3) is 0.571. The molecule has 2 aromatic rings. The number of halogens is 2. The Bertz CT molecular complexity index is 888. The first-order valence-electron chi connectivity index (χ1n) is 12.9. The van der Waals surface area contributed by atoms with Crippen molar-refractivity contribution in [3.63, 3.8) is 0 Å². The third kappa shape index (κ3) is 9.86. The van der Waals surface area contributed by atoms with E-state index in [1.165, 1.54) is 42.6 Å². The summed E-state index contributed by atoms with van der Waals surface area (Å²) in [4.78, 5) is 3.86. The van der Waals surface area contributed by atoms with Gasteiger partial charge in [-0.15, -0.1) is 36.6 Å². The predicted octanol–water partition coefficient (Wildman–Crippen LogP) is 6.46. The van der Waals surface area contributed by atoms with Crippen LogP contribution < -0.4 is 10.1 Å². The molecule has 3 rings (SSSR count). The van der Waals surface area contributed by atoms with Crippen LogP contribution in [-0.2, 0) is 12.8 Å². The summed E-state index contributed by atoms with van der Waals surface area (Å²) in [5.41, 5.74) is 2.14. The molecule has 0 amide bonds. The van der Waals surface area contributed by atoms with Crippen molar-refractivity contribution in [2.75, 3.05) is 39.0 Å². The molecule has 36 heavy (non-hydrogen) atoms. The Balaban J connectivity index is 0.00000324. The minimum atomic E-state index is 0. The zero-order chi connectivity index (χ0) is 24.2. The number of aromatic hydroxyl groups is 2. The van der Waals surface area contributed by atoms with Gasteiger partial charge in [-0.05, 0) is 81.9 Å². The molecule has 1 atom stereocenters. The molecule has 204 valence electrons. The number of nitrogens with zero attached hydrogens (tertiary/aromatic N) is 1. The number of hydrogen-bond acceptors (Lipinski definition) is 6. The fourth-order valence-corrected chi connectivity index (χ4v) is 5.83. The van der Waals surface area contributed by atoms with Crippen molar-refractivity contribution in [3.8, 4) is 17.2 Å². The largest absolute Gasteiger partial charge is 0.504 e. The van der Waals surface area contributed by atoms with Crippen LogP contribution in [0, 0.1) is 0 Å². The number of nitrogens with one attached hydrogen (secondary N) is 1. The molecule has 8 heteroatoms. The molecule has 1 aliphatic rings. The smallest absolute Gasteiger partial charge is 0.160 e. The van der Waals surface area contributed by atoms with E-state index < -0.39 is 0 Å². The summed E-state index contributed by atoms with van der Waals surface area (Å²) < 4.78 is 5.41. The molecule has 2 aromatic carbocycles. The highest BCUT2D eigenvalue weighted by atomic mass is 35.5. The van der Waals surface area contributed by atoms with Crippen molar-refractivity contribution in [1.29, 1.82) is 0 Å². The Hall–Kier alpha value is -1.31. The van der Waals surface area contributed by atoms with E-state index in [4.69, 9.17) is 4.74 Å². The Morgan fingerprint density at radius 3 is 2.56 bits per heavy atom. The summed E-state index contributed by atoms with van der Waals surface area (Å²) >= 11 is 1.84. The number of unbranched alkanes of at least 4 members (excludes halogenated alkanes) is 3. The maximum Gasteiger partial charge on any atom is 0.160 e. The van der Waals surface area contributed by atoms with Gasteiger partial charge in [0.25, 0.3) is 0 Å². The maximum absolute atomic E-state index is 10.2. The first-order valence-corrected chi connectivity index (χ1v) is 13.9. The van der Waals surface area contributed by atoms with Crippen LogP contribution >= 0.6 is 36.6 Å². The van der Waals surface area contributed by atoms with Gasteiger partial charge in [-0.2, -0.15) is 0 Å². The molecule has 0 aliphatic heterocycles. The summed E-state index contributed by atoms with van der Waals surface area (Å²) in [5.74, 6) is 2.10. The van der Waals surface area contributed by atoms with Crippen molar-refractivity contribution >= 4 is 36.6 Å². The molecular weight excluding hydrogens is 515 g/mol. The normalized spacial score (nSPS) is 14.6. The van der Waals surface area contributed by atoms with Crippen molar-refractivity contribution < 1.29 is 14.9 Å². The van der Waals surface area contributed by atoms with Crippen LogP contribution in [0.5, 0.6) is 17.2 Å². The van der Waals surface area contributed by atoms with E-state index in [0.29, 0.717) is 6.04 Å². The van der Waals surface area contributed by atoms with Crippen LogP contribution in [0.4, 0.5) is 0 Å². The van der Waals surface area contributed by atoms with E-state index in [9.17, 15) is 10.2 Å². The van der Waals surface area contributed by atoms with Gasteiger partial charge >= 0.3 is 0 Å². The van der Waals surface area contributed by atoms with E-state index in [0.717, 1.165) is 62.5 Å². The van der Waals surface area contributed by atoms with Crippen LogP contribution in [0.1, 0.15) is 56.6 Å². The highest BCUT2D eigenvalue weighted by molar-refractivity contribution is 7.99. The SMILES string of the molecule is CCCN(CCCCCCNCCSc1ccccc1OC)C1CCc2c(ccc(O)c2O)C1.Cl.Cl. The third-order valence-electron chi connectivity index (χ3n) is 6.72. The van der Waals surface area contributed by atoms with E-state index in [1.54, 1.807) is 13.2 Å². The molecule has 0 heterocycles. The van der Waals surface area contributed by atoms with Crippen LogP contribution in [0.15, 0.2) is 41.3 Å². The Morgan fingerprint density at radius 2 is 1.78 bits per heavy atom. The molecular formula is C28H44Cl2N2O3S. The lowest BCUT2D eigenvalue weighted by Crippen LogP contribution is -2.40. The summed E-state index contributed by atoms with van der Waals surface area (Å²) in [5, 5.41) is 23.5. The van der Waals surface area contributed by atoms with Crippen molar-refractivity contribution in [2.24, 2.45) is 0 Å². The van der Waals surface area contributed by atoms with E-state index in [-0.39, 0.29) is 36.3 Å². The monoisotopic (exact) mass is 558 g/mol. The van der Waals surface area contributed by atoms with Crippen LogP contribution in [0.2, 0.25) is 0 Å². The molecule has 3 N–H and O–H groups in total. The molecule has 0 saturated carbocycles. The first-order chi connectivity index (χ1) is 16.6. The Labute approximate surface area is 234 Å². The number of fused-ring (bicyclic) bond motifs is 1. The van der Waals surface area contributed by atoms with Gasteiger partial charge in [-0.25, -0.2) is 0 Å². The lowest BCUT2D eigenvalue weighted by Gasteiger charge is -2.35. The van der Waals surface area contributed by atoms with Gasteiger partial charge < -0.3 is 25.2 Å². The van der Waals surface area contributed by atoms with Gasteiger partial charge in [-0.1, -0.05) is 38.0 Å². The summed E-state index contributed by atoms with van der Waals surface area (Å²) in [6, 6.07) is 12.4. The van der Waals surface area contributed by atoms with Gasteiger partial charge in [-0.3, -0.25) is 0 Å². The van der Waals surface area contributed by atoms with E-state index in [2.05, 4.69) is 29.3 Å². The number of rotatable bonds is 15. The van der Waals surface area contributed by atoms with E-state index in [1.807, 2.05) is 30.0 Å². The average molecular weight is 560 g/mol. The summed E-state index contributed by atoms with van der Waals surface area (Å²) in [6.45, 7) is 6.65. The second-order valence-corrected chi connectivity index (χ2v) is 10.3. The summed E-state index contributed by atoms with van der Waals surface area (Å²) in [6.07, 6.45) is 9.06. The lowest BCUT2D eigenvalue weighted by atomic mass is 9.86. The standard InChI is InChI=1S/C28H42N2O3S.2ClH/c1-3-18-30(23-13-14-24-22(21-23)12-15-25(31)28(24)32)19-9-5-4-8-16-29-17-20-34-27-11-7-6-10-26(27)33-2;;/h6-7,10-12,15,23,29,31-32H,3-5,8-9,13-14,16-21H2,1-2H3;2*1H. The highest BCUT2D eigenvalue weighted by Crippen LogP contribution is 2.36. The number of phenols is 2. The topological polar surface area (TPSA) is 65.0 Å². The molecule has 5 nitrogen and oxygen atoms in total. The number of benzene rings is 2. The number of para-hydroxylation sites is 1. The number of hydrogen-bond donors (Lipinski definition) is 3. The number of ether oxygens (including phenoxy) is 1. The quantitative estimate of drug-likeness (QED) is 0.132. The van der Waals surface area contributed by atoms with Crippen LogP contribution in [0.25, 0.3) is 0 Å². The van der Waals surface area contributed by atoms with Gasteiger partial charge in [0.15, 0.2) is 11.5 Å². The molecule has 0 radical (unpaired) electrons. The highest BCUT2D eigenvalue weighted by Gasteiger charge is 2.26. The van der Waals surface area contributed by atoms with Gasteiger partial charge in [0.05, 0.1) is 7.11 Å². The third-order valence-corrected chi connectivity index (χ3v) is 7.78. The molecule has 0 spiro atoms. The minimum absolute atomic E-state index is 0. The van der Waals surface area contributed by atoms with Crippen LogP contribution in [0.3, 0.4) is 0 Å². The Kier molecular flexibility index (Phi) is 16.4. The summed E-state index contributed by atoms with van der Waals surface area (Å²) in [7, 11) is 1.73. The van der Waals surface area contributed by atoms with Gasteiger partial charge in [0.1, 0.15) is 5.75 Å². The first kappa shape index (κ1) is 32.7. The minimum Gasteiger partial charge on any atom is -0.504 e. The average Bonchev–Trinajstić information content (AvgIpc) is 2.86. The molecule has 1 unspecified atom stereocenters. The van der Waals surface area contributed by atoms with Crippen molar-refractivity contribution in [2.45, 2.75) is 69.2 Å². The molecule has 0 bridgehead atoms. The van der Waals surface area contributed by atoms with Crippen molar-refractivity contribution in [3.05, 3.63) is 47.5 Å². The zero-order valence-electron chi connectivity index (χ0n) is 21.7. The Morgan fingerprint density at radius 1 is 1.00 bits per heavy atom. The van der Waals surface area contributed by atoms with Crippen LogP contribution in [-0.4, -0.2) is 60.2 Å². The van der Waals surface area contributed by atoms with Crippen molar-refractivity contribution in [1.82, 2.24) is 10.2 Å².